The van der Waals surface area contributed by atoms with Crippen molar-refractivity contribution in [2.45, 2.75) is 63.3 Å². The van der Waals surface area contributed by atoms with Gasteiger partial charge in [0.15, 0.2) is 0 Å². The monoisotopic (exact) mass is 336 g/mol. The largest absolute Gasteiger partial charge is 0.351 e. The fourth-order valence-electron chi connectivity index (χ4n) is 3.92. The number of amides is 1. The number of carbonyl (C=O) groups excluding carboxylic acids is 1. The Balaban J connectivity index is 0.00000192. The highest BCUT2D eigenvalue weighted by Gasteiger charge is 2.43. The van der Waals surface area contributed by atoms with Gasteiger partial charge in [-0.2, -0.15) is 0 Å². The van der Waals surface area contributed by atoms with Crippen molar-refractivity contribution in [3.8, 4) is 0 Å². The van der Waals surface area contributed by atoms with E-state index in [-0.39, 0.29) is 29.8 Å². The summed E-state index contributed by atoms with van der Waals surface area (Å²) in [4.78, 5) is 13.2. The smallest absolute Gasteiger partial charge is 0.230 e. The predicted octanol–water partition coefficient (Wildman–Crippen LogP) is 3.47. The van der Waals surface area contributed by atoms with Crippen LogP contribution in [0.15, 0.2) is 24.3 Å². The first-order chi connectivity index (χ1) is 10.7. The first-order valence-corrected chi connectivity index (χ1v) is 8.74. The summed E-state index contributed by atoms with van der Waals surface area (Å²) in [5, 5.41) is 3.29. The van der Waals surface area contributed by atoms with Crippen LogP contribution in [0.25, 0.3) is 0 Å². The maximum absolute atomic E-state index is 13.2. The normalized spacial score (nSPS) is 21.1. The Kier molecular flexibility index (Phi) is 6.10. The summed E-state index contributed by atoms with van der Waals surface area (Å²) < 4.78 is 0. The van der Waals surface area contributed by atoms with Gasteiger partial charge in [0, 0.05) is 12.6 Å². The number of nitrogens with one attached hydrogen (secondary N) is 1. The molecule has 3 N–H and O–H groups in total. The second kappa shape index (κ2) is 7.67. The summed E-state index contributed by atoms with van der Waals surface area (Å²) in [6.07, 6.45) is 7.85. The van der Waals surface area contributed by atoms with Crippen LogP contribution in [0.5, 0.6) is 0 Å². The summed E-state index contributed by atoms with van der Waals surface area (Å²) in [6.45, 7) is 2.66. The van der Waals surface area contributed by atoms with Gasteiger partial charge in [0.05, 0.1) is 5.41 Å². The van der Waals surface area contributed by atoms with Crippen LogP contribution in [-0.4, -0.2) is 18.5 Å². The minimum atomic E-state index is -0.341. The molecule has 1 atom stereocenters. The van der Waals surface area contributed by atoms with E-state index < -0.39 is 0 Å². The van der Waals surface area contributed by atoms with Crippen molar-refractivity contribution in [3.63, 3.8) is 0 Å². The molecule has 1 amide bonds. The highest BCUT2D eigenvalue weighted by molar-refractivity contribution is 5.88. The highest BCUT2D eigenvalue weighted by atomic mass is 35.5. The third-order valence-electron chi connectivity index (χ3n) is 5.47. The fourth-order valence-corrected chi connectivity index (χ4v) is 3.92. The van der Waals surface area contributed by atoms with Gasteiger partial charge in [0.25, 0.3) is 0 Å². The van der Waals surface area contributed by atoms with E-state index in [0.29, 0.717) is 12.5 Å². The molecule has 0 bridgehead atoms. The van der Waals surface area contributed by atoms with Gasteiger partial charge in [-0.15, -0.1) is 12.4 Å². The van der Waals surface area contributed by atoms with E-state index >= 15 is 0 Å². The van der Waals surface area contributed by atoms with Crippen LogP contribution in [0.2, 0.25) is 0 Å². The zero-order valence-electron chi connectivity index (χ0n) is 14.0. The van der Waals surface area contributed by atoms with Crippen molar-refractivity contribution in [1.82, 2.24) is 5.32 Å². The lowest BCUT2D eigenvalue weighted by atomic mass is 9.68. The summed E-state index contributed by atoms with van der Waals surface area (Å²) in [5.41, 5.74) is 7.96. The molecule has 0 spiro atoms. The summed E-state index contributed by atoms with van der Waals surface area (Å²) >= 11 is 0. The van der Waals surface area contributed by atoms with Crippen LogP contribution in [-0.2, 0) is 10.2 Å². The van der Waals surface area contributed by atoms with Gasteiger partial charge in [-0.1, -0.05) is 49.1 Å². The molecule has 128 valence electrons. The number of rotatable bonds is 5. The Morgan fingerprint density at radius 2 is 2.00 bits per heavy atom. The molecule has 1 aromatic rings. The molecule has 0 heterocycles. The van der Waals surface area contributed by atoms with Crippen molar-refractivity contribution in [3.05, 3.63) is 35.4 Å². The van der Waals surface area contributed by atoms with Gasteiger partial charge in [0.2, 0.25) is 5.91 Å². The molecule has 2 aliphatic carbocycles. The zero-order valence-corrected chi connectivity index (χ0v) is 14.8. The van der Waals surface area contributed by atoms with Gasteiger partial charge in [0.1, 0.15) is 0 Å². The van der Waals surface area contributed by atoms with E-state index in [1.165, 1.54) is 30.4 Å². The number of halogens is 1. The average Bonchev–Trinajstić information content (AvgIpc) is 3.38. The van der Waals surface area contributed by atoms with Gasteiger partial charge in [-0.25, -0.2) is 0 Å². The zero-order chi connectivity index (χ0) is 15.6. The molecule has 0 radical (unpaired) electrons. The molecule has 0 saturated heterocycles. The second-order valence-electron chi connectivity index (χ2n) is 7.17. The lowest BCUT2D eigenvalue weighted by molar-refractivity contribution is -0.128. The van der Waals surface area contributed by atoms with Crippen molar-refractivity contribution >= 4 is 18.3 Å². The van der Waals surface area contributed by atoms with Crippen molar-refractivity contribution in [2.75, 3.05) is 6.54 Å². The van der Waals surface area contributed by atoms with E-state index in [0.717, 1.165) is 25.7 Å². The molecule has 1 aromatic carbocycles. The molecule has 1 unspecified atom stereocenters. The molecule has 23 heavy (non-hydrogen) atoms. The van der Waals surface area contributed by atoms with E-state index in [9.17, 15) is 4.79 Å². The number of benzene rings is 1. The van der Waals surface area contributed by atoms with Crippen molar-refractivity contribution < 1.29 is 4.79 Å². The maximum atomic E-state index is 13.2. The van der Waals surface area contributed by atoms with E-state index in [4.69, 9.17) is 5.73 Å². The van der Waals surface area contributed by atoms with Gasteiger partial charge in [-0.05, 0) is 44.1 Å². The first-order valence-electron chi connectivity index (χ1n) is 8.74. The molecule has 4 heteroatoms. The lowest BCUT2D eigenvalue weighted by Crippen LogP contribution is -2.52. The third-order valence-corrected chi connectivity index (χ3v) is 5.47. The SMILES string of the molecule is Cc1cccc(C2(C(=O)NC(CN)C3CC3)CCCCC2)c1.Cl. The Morgan fingerprint density at radius 1 is 1.30 bits per heavy atom. The van der Waals surface area contributed by atoms with Crippen LogP contribution < -0.4 is 11.1 Å². The van der Waals surface area contributed by atoms with Gasteiger partial charge >= 0.3 is 0 Å². The van der Waals surface area contributed by atoms with Crippen molar-refractivity contribution in [1.29, 1.82) is 0 Å². The number of nitrogens with two attached hydrogens (primary N) is 1. The summed E-state index contributed by atoms with van der Waals surface area (Å²) in [5.74, 6) is 0.812. The molecular weight excluding hydrogens is 308 g/mol. The number of hydrogen-bond acceptors (Lipinski definition) is 2. The Bertz CT molecular complexity index is 536. The molecular formula is C19H29ClN2O. The maximum Gasteiger partial charge on any atom is 0.230 e. The molecule has 3 rings (SSSR count). The van der Waals surface area contributed by atoms with Crippen LogP contribution in [0.4, 0.5) is 0 Å². The van der Waals surface area contributed by atoms with E-state index in [2.05, 4.69) is 36.5 Å². The number of aryl methyl sites for hydroxylation is 1. The molecule has 0 aromatic heterocycles. The molecule has 2 saturated carbocycles. The van der Waals surface area contributed by atoms with Gasteiger partial charge < -0.3 is 11.1 Å². The van der Waals surface area contributed by atoms with Crippen LogP contribution >= 0.6 is 12.4 Å². The minimum absolute atomic E-state index is 0. The Labute approximate surface area is 145 Å². The van der Waals surface area contributed by atoms with E-state index in [1.54, 1.807) is 0 Å². The molecule has 3 nitrogen and oxygen atoms in total. The molecule has 0 aliphatic heterocycles. The molecule has 2 fully saturated rings. The first kappa shape index (κ1) is 18.3. The Hall–Kier alpha value is -1.06. The third kappa shape index (κ3) is 3.89. The highest BCUT2D eigenvalue weighted by Crippen LogP contribution is 2.41. The Morgan fingerprint density at radius 3 is 2.57 bits per heavy atom. The van der Waals surface area contributed by atoms with Crippen molar-refractivity contribution in [2.24, 2.45) is 11.7 Å². The summed E-state index contributed by atoms with van der Waals surface area (Å²) in [7, 11) is 0. The van der Waals surface area contributed by atoms with E-state index in [1.807, 2.05) is 0 Å². The fraction of sp³-hybridized carbons (Fsp3) is 0.632. The topological polar surface area (TPSA) is 55.1 Å². The average molecular weight is 337 g/mol. The number of carbonyl (C=O) groups is 1. The second-order valence-corrected chi connectivity index (χ2v) is 7.17. The lowest BCUT2D eigenvalue weighted by Gasteiger charge is -2.37. The number of hydrogen-bond donors (Lipinski definition) is 2. The molecule has 2 aliphatic rings. The quantitative estimate of drug-likeness (QED) is 0.865. The van der Waals surface area contributed by atoms with Crippen LogP contribution in [0.3, 0.4) is 0 Å². The standard InChI is InChI=1S/C19H28N2O.ClH/c1-14-6-5-7-16(12-14)19(10-3-2-4-11-19)18(22)21-17(13-20)15-8-9-15;/h5-7,12,15,17H,2-4,8-11,13,20H2,1H3,(H,21,22);1H. The minimum Gasteiger partial charge on any atom is -0.351 e. The van der Waals surface area contributed by atoms with Gasteiger partial charge in [-0.3, -0.25) is 4.79 Å². The van der Waals surface area contributed by atoms with Crippen LogP contribution in [0.1, 0.15) is 56.1 Å². The predicted molar refractivity (Wildman–Crippen MR) is 96.9 cm³/mol. The summed E-state index contributed by atoms with van der Waals surface area (Å²) in [6, 6.07) is 8.67. The van der Waals surface area contributed by atoms with Crippen LogP contribution in [0, 0.1) is 12.8 Å².